The van der Waals surface area contributed by atoms with Crippen LogP contribution in [0.5, 0.6) is 0 Å². The second kappa shape index (κ2) is 7.74. The van der Waals surface area contributed by atoms with Gasteiger partial charge in [-0.3, -0.25) is 4.79 Å². The molecule has 2 rings (SSSR count). The molecule has 0 spiro atoms. The van der Waals surface area contributed by atoms with Crippen molar-refractivity contribution >= 4 is 17.4 Å². The van der Waals surface area contributed by atoms with Gasteiger partial charge in [-0.25, -0.2) is 0 Å². The number of alkyl halides is 3. The van der Waals surface area contributed by atoms with Crippen molar-refractivity contribution in [2.75, 3.05) is 0 Å². The van der Waals surface area contributed by atoms with Crippen molar-refractivity contribution < 1.29 is 18.0 Å². The van der Waals surface area contributed by atoms with Gasteiger partial charge in [0.05, 0.1) is 23.5 Å². The molecule has 0 radical (unpaired) electrons. The first kappa shape index (κ1) is 21.0. The Morgan fingerprint density at radius 1 is 1.15 bits per heavy atom. The molecule has 6 heteroatoms. The Hall–Kier alpha value is -2.32. The smallest absolute Gasteiger partial charge is 0.299 e. The SMILES string of the molecule is CCc1ccc(Cl)cc1[C@@](CC#N)(C(C)=O)c1ccc(C(F)(F)F)cc1C. The van der Waals surface area contributed by atoms with Crippen LogP contribution < -0.4 is 0 Å². The lowest BCUT2D eigenvalue weighted by Gasteiger charge is -2.34. The number of nitriles is 1. The molecule has 0 saturated heterocycles. The Morgan fingerprint density at radius 2 is 1.81 bits per heavy atom. The fourth-order valence-corrected chi connectivity index (χ4v) is 3.70. The van der Waals surface area contributed by atoms with Crippen molar-refractivity contribution in [1.82, 2.24) is 0 Å². The minimum atomic E-state index is -4.48. The molecule has 0 fully saturated rings. The van der Waals surface area contributed by atoms with Crippen molar-refractivity contribution in [3.8, 4) is 6.07 Å². The summed E-state index contributed by atoms with van der Waals surface area (Å²) in [5.41, 5.74) is -0.0866. The summed E-state index contributed by atoms with van der Waals surface area (Å²) in [5, 5.41) is 9.86. The van der Waals surface area contributed by atoms with Crippen molar-refractivity contribution in [1.29, 1.82) is 5.26 Å². The van der Waals surface area contributed by atoms with Crippen molar-refractivity contribution in [3.05, 3.63) is 69.2 Å². The predicted octanol–water partition coefficient (Wildman–Crippen LogP) is 6.02. The van der Waals surface area contributed by atoms with Gasteiger partial charge >= 0.3 is 6.18 Å². The molecule has 0 aliphatic carbocycles. The number of halogens is 4. The second-order valence-corrected chi connectivity index (χ2v) is 6.92. The number of benzene rings is 2. The van der Waals surface area contributed by atoms with Crippen LogP contribution >= 0.6 is 11.6 Å². The first-order chi connectivity index (χ1) is 12.6. The minimum absolute atomic E-state index is 0.193. The van der Waals surface area contributed by atoms with E-state index in [1.807, 2.05) is 13.0 Å². The predicted molar refractivity (Wildman–Crippen MR) is 98.7 cm³/mol. The Labute approximate surface area is 161 Å². The summed E-state index contributed by atoms with van der Waals surface area (Å²) in [6, 6.07) is 10.4. The molecule has 27 heavy (non-hydrogen) atoms. The quantitative estimate of drug-likeness (QED) is 0.623. The Balaban J connectivity index is 2.87. The highest BCUT2D eigenvalue weighted by Gasteiger charge is 2.42. The van der Waals surface area contributed by atoms with Crippen LogP contribution in [0.3, 0.4) is 0 Å². The van der Waals surface area contributed by atoms with Gasteiger partial charge in [0.1, 0.15) is 5.78 Å². The lowest BCUT2D eigenvalue weighted by atomic mass is 9.66. The summed E-state index contributed by atoms with van der Waals surface area (Å²) in [4.78, 5) is 12.9. The van der Waals surface area contributed by atoms with Gasteiger partial charge in [-0.05, 0) is 66.8 Å². The third-order valence-corrected chi connectivity index (χ3v) is 5.11. The molecule has 2 aromatic carbocycles. The largest absolute Gasteiger partial charge is 0.416 e. The highest BCUT2D eigenvalue weighted by molar-refractivity contribution is 6.30. The molecular formula is C21H19ClF3NO. The molecule has 0 aliphatic rings. The van der Waals surface area contributed by atoms with E-state index in [0.29, 0.717) is 28.1 Å². The lowest BCUT2D eigenvalue weighted by Crippen LogP contribution is -2.37. The fourth-order valence-electron chi connectivity index (χ4n) is 3.53. The van der Waals surface area contributed by atoms with Crippen LogP contribution in [0.1, 0.15) is 48.1 Å². The van der Waals surface area contributed by atoms with E-state index in [-0.39, 0.29) is 12.2 Å². The molecular weight excluding hydrogens is 375 g/mol. The summed E-state index contributed by atoms with van der Waals surface area (Å²) >= 11 is 6.15. The molecule has 0 bridgehead atoms. The van der Waals surface area contributed by atoms with E-state index < -0.39 is 17.2 Å². The van der Waals surface area contributed by atoms with E-state index in [9.17, 15) is 23.2 Å². The van der Waals surface area contributed by atoms with Crippen molar-refractivity contribution in [2.24, 2.45) is 0 Å². The van der Waals surface area contributed by atoms with Crippen LogP contribution in [0.25, 0.3) is 0 Å². The topological polar surface area (TPSA) is 40.9 Å². The van der Waals surface area contributed by atoms with E-state index in [1.165, 1.54) is 19.9 Å². The maximum absolute atomic E-state index is 13.1. The first-order valence-electron chi connectivity index (χ1n) is 8.43. The number of aryl methyl sites for hydroxylation is 2. The number of hydrogen-bond donors (Lipinski definition) is 0. The molecule has 2 aromatic rings. The zero-order valence-corrected chi connectivity index (χ0v) is 16.0. The van der Waals surface area contributed by atoms with Gasteiger partial charge in [-0.15, -0.1) is 0 Å². The maximum atomic E-state index is 13.1. The minimum Gasteiger partial charge on any atom is -0.299 e. The normalized spacial score (nSPS) is 13.7. The monoisotopic (exact) mass is 393 g/mol. The third kappa shape index (κ3) is 3.86. The molecule has 0 heterocycles. The number of ketones is 1. The van der Waals surface area contributed by atoms with Crippen LogP contribution in [-0.2, 0) is 22.8 Å². The second-order valence-electron chi connectivity index (χ2n) is 6.48. The van der Waals surface area contributed by atoms with Crippen LogP contribution in [0.2, 0.25) is 5.02 Å². The molecule has 0 unspecified atom stereocenters. The summed E-state index contributed by atoms with van der Waals surface area (Å²) in [6.07, 6.45) is -4.09. The van der Waals surface area contributed by atoms with E-state index in [1.54, 1.807) is 18.2 Å². The van der Waals surface area contributed by atoms with Gasteiger partial charge in [0.2, 0.25) is 0 Å². The highest BCUT2D eigenvalue weighted by Crippen LogP contribution is 2.42. The van der Waals surface area contributed by atoms with Crippen molar-refractivity contribution in [3.63, 3.8) is 0 Å². The van der Waals surface area contributed by atoms with Gasteiger partial charge < -0.3 is 0 Å². The highest BCUT2D eigenvalue weighted by atomic mass is 35.5. The molecule has 142 valence electrons. The van der Waals surface area contributed by atoms with E-state index in [0.717, 1.165) is 17.7 Å². The van der Waals surface area contributed by atoms with Crippen LogP contribution in [0, 0.1) is 18.3 Å². The standard InChI is InChI=1S/C21H19ClF3NO/c1-4-15-5-7-17(22)12-19(15)20(9-10-26,14(3)27)18-8-6-16(11-13(18)2)21(23,24)25/h5-8,11-12H,4,9H2,1-3H3/t20-/m0/s1. The average Bonchev–Trinajstić information content (AvgIpc) is 2.59. The van der Waals surface area contributed by atoms with Gasteiger partial charge in [-0.1, -0.05) is 30.7 Å². The Bertz CT molecular complexity index is 915. The van der Waals surface area contributed by atoms with Gasteiger partial charge in [0.15, 0.2) is 0 Å². The molecule has 0 amide bonds. The Morgan fingerprint density at radius 3 is 2.30 bits per heavy atom. The maximum Gasteiger partial charge on any atom is 0.416 e. The number of carbonyl (C=O) groups is 1. The van der Waals surface area contributed by atoms with Crippen LogP contribution in [-0.4, -0.2) is 5.78 Å². The molecule has 0 N–H and O–H groups in total. The van der Waals surface area contributed by atoms with Crippen LogP contribution in [0.4, 0.5) is 13.2 Å². The first-order valence-corrected chi connectivity index (χ1v) is 8.81. The number of Topliss-reactive ketones (excluding diaryl/α,β-unsaturated/α-hetero) is 1. The van der Waals surface area contributed by atoms with Crippen molar-refractivity contribution in [2.45, 2.75) is 45.2 Å². The number of carbonyl (C=O) groups excluding carboxylic acids is 1. The summed E-state index contributed by atoms with van der Waals surface area (Å²) in [7, 11) is 0. The van der Waals surface area contributed by atoms with Gasteiger partial charge in [0, 0.05) is 5.02 Å². The molecule has 0 aliphatic heterocycles. The van der Waals surface area contributed by atoms with E-state index in [4.69, 9.17) is 11.6 Å². The van der Waals surface area contributed by atoms with Gasteiger partial charge in [0.25, 0.3) is 0 Å². The number of hydrogen-bond acceptors (Lipinski definition) is 2. The average molecular weight is 394 g/mol. The Kier molecular flexibility index (Phi) is 6.01. The third-order valence-electron chi connectivity index (χ3n) is 4.87. The van der Waals surface area contributed by atoms with E-state index in [2.05, 4.69) is 0 Å². The van der Waals surface area contributed by atoms with E-state index >= 15 is 0 Å². The zero-order valence-electron chi connectivity index (χ0n) is 15.2. The number of rotatable bonds is 5. The van der Waals surface area contributed by atoms with Crippen LogP contribution in [0.15, 0.2) is 36.4 Å². The molecule has 2 nitrogen and oxygen atoms in total. The number of nitrogens with zero attached hydrogens (tertiary/aromatic N) is 1. The fraction of sp³-hybridized carbons (Fsp3) is 0.333. The molecule has 0 aromatic heterocycles. The molecule has 0 saturated carbocycles. The van der Waals surface area contributed by atoms with Gasteiger partial charge in [-0.2, -0.15) is 18.4 Å². The lowest BCUT2D eigenvalue weighted by molar-refractivity contribution is -0.137. The molecule has 1 atom stereocenters. The zero-order chi connectivity index (χ0) is 20.4. The summed E-state index contributed by atoms with van der Waals surface area (Å²) in [6.45, 7) is 4.79. The summed E-state index contributed by atoms with van der Waals surface area (Å²) < 4.78 is 39.2. The summed E-state index contributed by atoms with van der Waals surface area (Å²) in [5.74, 6) is -0.316.